The largest absolute Gasteiger partial charge is 0.356 e. The average molecular weight is 457 g/mol. The molecule has 0 aliphatic carbocycles. The van der Waals surface area contributed by atoms with E-state index in [1.165, 1.54) is 11.3 Å². The van der Waals surface area contributed by atoms with Crippen LogP contribution in [0.4, 0.5) is 10.8 Å². The topological polar surface area (TPSA) is 74.3 Å². The number of hydrogen-bond acceptors (Lipinski definition) is 5. The predicted octanol–water partition coefficient (Wildman–Crippen LogP) is 5.10. The molecule has 1 heterocycles. The third-order valence-corrected chi connectivity index (χ3v) is 5.61. The molecule has 0 spiro atoms. The highest BCUT2D eigenvalue weighted by atomic mass is 35.5. The number of amides is 2. The molecular weight excluding hydrogens is 432 g/mol. The number of aromatic nitrogens is 1. The number of benzene rings is 2. The van der Waals surface area contributed by atoms with E-state index in [4.69, 9.17) is 11.6 Å². The summed E-state index contributed by atoms with van der Waals surface area (Å²) in [5.41, 5.74) is 2.06. The molecule has 0 fully saturated rings. The highest BCUT2D eigenvalue weighted by molar-refractivity contribution is 7.14. The Morgan fingerprint density at radius 1 is 1.10 bits per heavy atom. The van der Waals surface area contributed by atoms with Gasteiger partial charge in [-0.3, -0.25) is 9.59 Å². The number of para-hydroxylation sites is 1. The predicted molar refractivity (Wildman–Crippen MR) is 126 cm³/mol. The lowest BCUT2D eigenvalue weighted by atomic mass is 10.2. The second kappa shape index (κ2) is 11.5. The summed E-state index contributed by atoms with van der Waals surface area (Å²) in [4.78, 5) is 31.4. The van der Waals surface area contributed by atoms with Gasteiger partial charge in [-0.05, 0) is 24.1 Å². The molecule has 2 amide bonds. The van der Waals surface area contributed by atoms with Crippen LogP contribution in [-0.4, -0.2) is 34.8 Å². The van der Waals surface area contributed by atoms with Crippen molar-refractivity contribution in [3.05, 3.63) is 76.3 Å². The van der Waals surface area contributed by atoms with E-state index in [0.717, 1.165) is 17.7 Å². The third kappa shape index (κ3) is 6.80. The number of rotatable bonds is 10. The fourth-order valence-corrected chi connectivity index (χ4v) is 3.79. The van der Waals surface area contributed by atoms with Crippen LogP contribution in [0.5, 0.6) is 0 Å². The molecule has 0 radical (unpaired) electrons. The molecule has 1 aromatic heterocycles. The van der Waals surface area contributed by atoms with Gasteiger partial charge in [0.25, 0.3) is 5.91 Å². The molecule has 0 aliphatic rings. The van der Waals surface area contributed by atoms with Crippen LogP contribution in [0.25, 0.3) is 0 Å². The normalized spacial score (nSPS) is 10.5. The Balaban J connectivity index is 1.71. The van der Waals surface area contributed by atoms with E-state index in [2.05, 4.69) is 15.6 Å². The molecule has 3 rings (SSSR count). The summed E-state index contributed by atoms with van der Waals surface area (Å²) in [5, 5.41) is 8.88. The lowest BCUT2D eigenvalue weighted by Crippen LogP contribution is -2.35. The smallest absolute Gasteiger partial charge is 0.273 e. The Kier molecular flexibility index (Phi) is 8.44. The van der Waals surface area contributed by atoms with Gasteiger partial charge < -0.3 is 15.5 Å². The van der Waals surface area contributed by atoms with Crippen molar-refractivity contribution in [2.24, 2.45) is 0 Å². The highest BCUT2D eigenvalue weighted by Gasteiger charge is 2.20. The first-order valence-electron chi connectivity index (χ1n) is 10.1. The van der Waals surface area contributed by atoms with Crippen LogP contribution >= 0.6 is 22.9 Å². The third-order valence-electron chi connectivity index (χ3n) is 4.52. The van der Waals surface area contributed by atoms with Crippen molar-refractivity contribution in [2.45, 2.75) is 26.3 Å². The van der Waals surface area contributed by atoms with E-state index in [1.54, 1.807) is 16.3 Å². The van der Waals surface area contributed by atoms with Crippen LogP contribution in [0.15, 0.2) is 60.0 Å². The minimum absolute atomic E-state index is 0.0629. The van der Waals surface area contributed by atoms with Crippen LogP contribution < -0.4 is 10.6 Å². The highest BCUT2D eigenvalue weighted by Crippen LogP contribution is 2.27. The molecule has 162 valence electrons. The average Bonchev–Trinajstić information content (AvgIpc) is 3.25. The summed E-state index contributed by atoms with van der Waals surface area (Å²) in [6, 6.07) is 17.1. The molecule has 0 unspecified atom stereocenters. The maximum absolute atomic E-state index is 13.2. The van der Waals surface area contributed by atoms with Gasteiger partial charge in [0, 0.05) is 31.4 Å². The molecule has 2 aromatic carbocycles. The van der Waals surface area contributed by atoms with Crippen molar-refractivity contribution in [1.82, 2.24) is 15.2 Å². The second-order valence-corrected chi connectivity index (χ2v) is 8.22. The van der Waals surface area contributed by atoms with E-state index in [1.807, 2.05) is 55.5 Å². The maximum atomic E-state index is 13.2. The summed E-state index contributed by atoms with van der Waals surface area (Å²) < 4.78 is 0. The van der Waals surface area contributed by atoms with Crippen LogP contribution in [0.2, 0.25) is 5.02 Å². The van der Waals surface area contributed by atoms with Crippen LogP contribution in [0.3, 0.4) is 0 Å². The van der Waals surface area contributed by atoms with Crippen molar-refractivity contribution in [2.75, 3.05) is 18.4 Å². The molecule has 2 N–H and O–H groups in total. The Hall–Kier alpha value is -2.90. The standard InChI is InChI=1S/C23H25ClN4O2S/c1-2-13-25-21(29)12-14-28(15-17-8-4-3-5-9-17)22(30)20-16-31-23(27-20)26-19-11-7-6-10-18(19)24/h3-11,16H,2,12-15H2,1H3,(H,25,29)(H,26,27). The molecule has 3 aromatic rings. The van der Waals surface area contributed by atoms with Gasteiger partial charge >= 0.3 is 0 Å². The minimum Gasteiger partial charge on any atom is -0.356 e. The lowest BCUT2D eigenvalue weighted by Gasteiger charge is -2.22. The first kappa shape index (κ1) is 22.8. The summed E-state index contributed by atoms with van der Waals surface area (Å²) >= 11 is 7.53. The molecule has 6 nitrogen and oxygen atoms in total. The summed E-state index contributed by atoms with van der Waals surface area (Å²) in [5.74, 6) is -0.275. The number of carbonyl (C=O) groups excluding carboxylic acids is 2. The van der Waals surface area contributed by atoms with Crippen LogP contribution in [0.1, 0.15) is 35.8 Å². The zero-order chi connectivity index (χ0) is 22.1. The van der Waals surface area contributed by atoms with Gasteiger partial charge in [0.1, 0.15) is 5.69 Å². The number of nitrogens with zero attached hydrogens (tertiary/aromatic N) is 2. The van der Waals surface area contributed by atoms with Crippen LogP contribution in [-0.2, 0) is 11.3 Å². The molecule has 0 bridgehead atoms. The Bertz CT molecular complexity index is 1010. The molecule has 0 saturated heterocycles. The first-order valence-corrected chi connectivity index (χ1v) is 11.4. The number of halogens is 1. The molecular formula is C23H25ClN4O2S. The molecule has 0 atom stereocenters. The number of anilines is 2. The van der Waals surface area contributed by atoms with Gasteiger partial charge in [-0.2, -0.15) is 0 Å². The summed E-state index contributed by atoms with van der Waals surface area (Å²) in [6.45, 7) is 3.36. The molecule has 0 aliphatic heterocycles. The number of nitrogens with one attached hydrogen (secondary N) is 2. The van der Waals surface area contributed by atoms with Gasteiger partial charge in [0.05, 0.1) is 10.7 Å². The zero-order valence-corrected chi connectivity index (χ0v) is 18.9. The van der Waals surface area contributed by atoms with E-state index in [-0.39, 0.29) is 18.2 Å². The maximum Gasteiger partial charge on any atom is 0.273 e. The lowest BCUT2D eigenvalue weighted by molar-refractivity contribution is -0.121. The van der Waals surface area contributed by atoms with Gasteiger partial charge in [0.2, 0.25) is 5.91 Å². The van der Waals surface area contributed by atoms with E-state index in [0.29, 0.717) is 35.5 Å². The van der Waals surface area contributed by atoms with Gasteiger partial charge in [-0.1, -0.05) is 61.0 Å². The fourth-order valence-electron chi connectivity index (χ4n) is 2.91. The van der Waals surface area contributed by atoms with E-state index < -0.39 is 0 Å². The van der Waals surface area contributed by atoms with E-state index in [9.17, 15) is 9.59 Å². The number of hydrogen-bond donors (Lipinski definition) is 2. The Morgan fingerprint density at radius 2 is 1.84 bits per heavy atom. The SMILES string of the molecule is CCCNC(=O)CCN(Cc1ccccc1)C(=O)c1csc(Nc2ccccc2Cl)n1. The summed E-state index contributed by atoms with van der Waals surface area (Å²) in [7, 11) is 0. The van der Waals surface area contributed by atoms with Crippen molar-refractivity contribution >= 4 is 45.6 Å². The fraction of sp³-hybridized carbons (Fsp3) is 0.261. The van der Waals surface area contributed by atoms with Gasteiger partial charge in [-0.25, -0.2) is 4.98 Å². The first-order chi connectivity index (χ1) is 15.1. The van der Waals surface area contributed by atoms with Crippen molar-refractivity contribution < 1.29 is 9.59 Å². The number of carbonyl (C=O) groups is 2. The van der Waals surface area contributed by atoms with Crippen LogP contribution in [0, 0.1) is 0 Å². The van der Waals surface area contributed by atoms with Crippen molar-refractivity contribution in [1.29, 1.82) is 0 Å². The minimum atomic E-state index is -0.212. The quantitative estimate of drug-likeness (QED) is 0.445. The molecule has 0 saturated carbocycles. The summed E-state index contributed by atoms with van der Waals surface area (Å²) in [6.07, 6.45) is 1.12. The molecule has 8 heteroatoms. The van der Waals surface area contributed by atoms with Gasteiger partial charge in [0.15, 0.2) is 5.13 Å². The Labute approximate surface area is 191 Å². The van der Waals surface area contributed by atoms with Crippen molar-refractivity contribution in [3.63, 3.8) is 0 Å². The Morgan fingerprint density at radius 3 is 2.58 bits per heavy atom. The zero-order valence-electron chi connectivity index (χ0n) is 17.3. The molecule has 31 heavy (non-hydrogen) atoms. The van der Waals surface area contributed by atoms with Crippen molar-refractivity contribution in [3.8, 4) is 0 Å². The second-order valence-electron chi connectivity index (χ2n) is 6.96. The monoisotopic (exact) mass is 456 g/mol. The number of thiazole rings is 1. The van der Waals surface area contributed by atoms with E-state index >= 15 is 0 Å². The van der Waals surface area contributed by atoms with Gasteiger partial charge in [-0.15, -0.1) is 11.3 Å².